The highest BCUT2D eigenvalue weighted by molar-refractivity contribution is 7.92. The van der Waals surface area contributed by atoms with E-state index < -0.39 is 55.9 Å². The molecule has 1 aliphatic carbocycles. The Morgan fingerprint density at radius 3 is 1.93 bits per heavy atom. The number of benzene rings is 2. The number of carbonyl (C=O) groups excluding carboxylic acids is 1. The van der Waals surface area contributed by atoms with Gasteiger partial charge < -0.3 is 5.32 Å². The Morgan fingerprint density at radius 1 is 0.881 bits per heavy atom. The predicted molar refractivity (Wildman–Crippen MR) is 135 cm³/mol. The lowest BCUT2D eigenvalue weighted by Crippen LogP contribution is -2.50. The number of hydrogen-bond donors (Lipinski definition) is 1. The first-order valence-corrected chi connectivity index (χ1v) is 14.1. The Hall–Kier alpha value is -3.55. The molecule has 2 aromatic carbocycles. The highest BCUT2D eigenvalue weighted by Crippen LogP contribution is 2.54. The molecule has 0 unspecified atom stereocenters. The molecule has 0 atom stereocenters. The van der Waals surface area contributed by atoms with Crippen LogP contribution in [0.5, 0.6) is 0 Å². The van der Waals surface area contributed by atoms with E-state index in [4.69, 9.17) is 0 Å². The van der Waals surface area contributed by atoms with Crippen molar-refractivity contribution in [3.05, 3.63) is 95.1 Å². The minimum Gasteiger partial charge on any atom is -0.349 e. The predicted octanol–water partition coefficient (Wildman–Crippen LogP) is 6.86. The van der Waals surface area contributed by atoms with Gasteiger partial charge in [0, 0.05) is 29.1 Å². The lowest BCUT2D eigenvalue weighted by molar-refractivity contribution is -0.348. The monoisotopic (exact) mass is 620 g/mol. The van der Waals surface area contributed by atoms with Crippen LogP contribution in [0.15, 0.2) is 71.8 Å². The van der Waals surface area contributed by atoms with E-state index >= 15 is 0 Å². The molecule has 0 radical (unpaired) electrons. The molecular formula is C28H24F8N2O3S. The topological polar surface area (TPSA) is 76.1 Å². The van der Waals surface area contributed by atoms with Crippen molar-refractivity contribution < 1.29 is 48.3 Å². The molecule has 3 aromatic rings. The van der Waals surface area contributed by atoms with Crippen molar-refractivity contribution in [1.82, 2.24) is 10.3 Å². The number of halogens is 8. The first-order valence-electron chi connectivity index (χ1n) is 12.6. The van der Waals surface area contributed by atoms with E-state index in [9.17, 15) is 48.3 Å². The molecule has 1 heterocycles. The third-order valence-electron chi connectivity index (χ3n) is 7.52. The molecule has 1 aromatic heterocycles. The van der Waals surface area contributed by atoms with Gasteiger partial charge in [0.1, 0.15) is 10.6 Å². The molecule has 14 heteroatoms. The van der Waals surface area contributed by atoms with Crippen molar-refractivity contribution in [3.8, 4) is 0 Å². The number of carbonyl (C=O) groups is 1. The van der Waals surface area contributed by atoms with Gasteiger partial charge in [-0.1, -0.05) is 24.3 Å². The lowest BCUT2D eigenvalue weighted by Gasteiger charge is -2.40. The summed E-state index contributed by atoms with van der Waals surface area (Å²) in [7, 11) is -4.43. The van der Waals surface area contributed by atoms with Crippen LogP contribution < -0.4 is 5.32 Å². The van der Waals surface area contributed by atoms with Crippen molar-refractivity contribution in [3.63, 3.8) is 0 Å². The number of nitrogens with one attached hydrogen (secondary N) is 1. The zero-order valence-corrected chi connectivity index (χ0v) is 22.7. The number of rotatable bonds is 6. The summed E-state index contributed by atoms with van der Waals surface area (Å²) in [5, 5.41) is 2.80. The zero-order valence-electron chi connectivity index (χ0n) is 21.9. The van der Waals surface area contributed by atoms with E-state index in [1.54, 1.807) is 13.0 Å². The lowest BCUT2D eigenvalue weighted by atomic mass is 9.80. The molecule has 1 saturated carbocycles. The molecule has 42 heavy (non-hydrogen) atoms. The Bertz CT molecular complexity index is 1530. The van der Waals surface area contributed by atoms with Gasteiger partial charge in [-0.25, -0.2) is 17.2 Å². The molecule has 0 spiro atoms. The molecule has 0 saturated heterocycles. The molecular weight excluding hydrogens is 596 g/mol. The van der Waals surface area contributed by atoms with E-state index in [-0.39, 0.29) is 48.3 Å². The average Bonchev–Trinajstić information content (AvgIpc) is 2.92. The molecule has 0 aliphatic heterocycles. The second kappa shape index (κ2) is 10.9. The van der Waals surface area contributed by atoms with Gasteiger partial charge >= 0.3 is 18.0 Å². The van der Waals surface area contributed by atoms with Crippen LogP contribution in [0.2, 0.25) is 0 Å². The maximum atomic E-state index is 14.6. The van der Waals surface area contributed by atoms with Crippen molar-refractivity contribution in [2.75, 3.05) is 0 Å². The van der Waals surface area contributed by atoms with E-state index in [0.29, 0.717) is 11.3 Å². The minimum absolute atomic E-state index is 0.0656. The van der Waals surface area contributed by atoms with Gasteiger partial charge in [0.05, 0.1) is 4.90 Å². The van der Waals surface area contributed by atoms with Crippen LogP contribution in [0, 0.1) is 12.7 Å². The van der Waals surface area contributed by atoms with Gasteiger partial charge in [-0.3, -0.25) is 9.78 Å². The number of aryl methyl sites for hydroxylation is 1. The molecule has 0 bridgehead atoms. The van der Waals surface area contributed by atoms with Crippen molar-refractivity contribution in [2.24, 2.45) is 0 Å². The van der Waals surface area contributed by atoms with E-state index in [0.717, 1.165) is 36.4 Å². The number of amides is 1. The van der Waals surface area contributed by atoms with Crippen LogP contribution >= 0.6 is 0 Å². The van der Waals surface area contributed by atoms with Crippen molar-refractivity contribution in [2.45, 2.75) is 66.3 Å². The molecule has 1 aliphatic rings. The highest BCUT2D eigenvalue weighted by Gasteiger charge is 2.73. The highest BCUT2D eigenvalue weighted by atomic mass is 32.2. The summed E-state index contributed by atoms with van der Waals surface area (Å²) in [4.78, 5) is 16.4. The van der Waals surface area contributed by atoms with Gasteiger partial charge in [0.15, 0.2) is 9.84 Å². The summed E-state index contributed by atoms with van der Waals surface area (Å²) in [6, 6.07) is 8.35. The maximum absolute atomic E-state index is 14.6. The molecule has 4 rings (SSSR count). The van der Waals surface area contributed by atoms with Gasteiger partial charge in [-0.2, -0.15) is 26.3 Å². The minimum atomic E-state index is -6.34. The second-order valence-corrected chi connectivity index (χ2v) is 12.4. The van der Waals surface area contributed by atoms with Crippen LogP contribution in [0.1, 0.15) is 52.9 Å². The smallest absolute Gasteiger partial charge is 0.349 e. The number of pyridine rings is 1. The van der Waals surface area contributed by atoms with Crippen LogP contribution in [0.4, 0.5) is 35.1 Å². The van der Waals surface area contributed by atoms with Crippen LogP contribution in [0.25, 0.3) is 0 Å². The molecule has 1 amide bonds. The molecule has 1 fully saturated rings. The number of alkyl halides is 7. The number of sulfone groups is 1. The summed E-state index contributed by atoms with van der Waals surface area (Å²) in [5.74, 6) is -1.17. The standard InChI is InChI=1S/C28H24F8N2O3S/c1-17-16-18(12-15-37-17)24(39)38-22-10-13-25(14-11-22,42(40,41)23-8-6-21(29)7-9-23)19-2-4-20(5-3-19)26(30,27(31,32)33)28(34,35)36/h2-9,12,15-16,22H,10-11,13-14H2,1H3,(H,38,39). The summed E-state index contributed by atoms with van der Waals surface area (Å²) in [5.41, 5.74) is -6.70. The second-order valence-electron chi connectivity index (χ2n) is 10.1. The maximum Gasteiger partial charge on any atom is 0.435 e. The first-order chi connectivity index (χ1) is 19.4. The quantitative estimate of drug-likeness (QED) is 0.241. The Labute approximate surface area is 235 Å². The molecule has 5 nitrogen and oxygen atoms in total. The van der Waals surface area contributed by atoms with Crippen molar-refractivity contribution in [1.29, 1.82) is 0 Å². The third kappa shape index (κ3) is 5.48. The van der Waals surface area contributed by atoms with E-state index in [1.165, 1.54) is 12.3 Å². The van der Waals surface area contributed by atoms with Crippen LogP contribution in [-0.4, -0.2) is 37.7 Å². The van der Waals surface area contributed by atoms with Gasteiger partial charge in [0.2, 0.25) is 0 Å². The summed E-state index contributed by atoms with van der Waals surface area (Å²) in [6.45, 7) is 1.69. The Balaban J connectivity index is 1.72. The van der Waals surface area contributed by atoms with Gasteiger partial charge in [0.25, 0.3) is 5.91 Å². The molecule has 1 N–H and O–H groups in total. The number of aromatic nitrogens is 1. The fraction of sp³-hybridized carbons (Fsp3) is 0.357. The SMILES string of the molecule is Cc1cc(C(=O)NC2CCC(c3ccc(C(F)(C(F)(F)F)C(F)(F)F)cc3)(S(=O)(=O)c3ccc(F)cc3)CC2)ccn1. The molecule has 226 valence electrons. The van der Waals surface area contributed by atoms with Gasteiger partial charge in [-0.05, 0) is 74.6 Å². The van der Waals surface area contributed by atoms with Crippen LogP contribution in [0.3, 0.4) is 0 Å². The fourth-order valence-corrected chi connectivity index (χ4v) is 7.39. The Morgan fingerprint density at radius 2 is 1.43 bits per heavy atom. The Kier molecular flexibility index (Phi) is 8.17. The third-order valence-corrected chi connectivity index (χ3v) is 10.1. The first kappa shape index (κ1) is 31.4. The van der Waals surface area contributed by atoms with Gasteiger partial charge in [-0.15, -0.1) is 0 Å². The van der Waals surface area contributed by atoms with E-state index in [2.05, 4.69) is 10.3 Å². The number of nitrogens with zero attached hydrogens (tertiary/aromatic N) is 1. The normalized spacial score (nSPS) is 20.3. The average molecular weight is 621 g/mol. The van der Waals surface area contributed by atoms with Crippen LogP contribution in [-0.2, 0) is 20.3 Å². The zero-order chi connectivity index (χ0) is 31.1. The summed E-state index contributed by atoms with van der Waals surface area (Å²) in [6.07, 6.45) is -11.5. The number of hydrogen-bond acceptors (Lipinski definition) is 4. The fourth-order valence-electron chi connectivity index (χ4n) is 5.23. The largest absolute Gasteiger partial charge is 0.435 e. The van der Waals surface area contributed by atoms with Crippen molar-refractivity contribution >= 4 is 15.7 Å². The summed E-state index contributed by atoms with van der Waals surface area (Å²) < 4.78 is 134. The summed E-state index contributed by atoms with van der Waals surface area (Å²) >= 11 is 0. The van der Waals surface area contributed by atoms with E-state index in [1.807, 2.05) is 0 Å².